The third-order valence-corrected chi connectivity index (χ3v) is 6.03. The zero-order valence-corrected chi connectivity index (χ0v) is 15.9. The van der Waals surface area contributed by atoms with Gasteiger partial charge in [0.1, 0.15) is 12.1 Å². The second kappa shape index (κ2) is 9.97. The van der Waals surface area contributed by atoms with E-state index < -0.39 is 31.5 Å². The molecule has 1 saturated heterocycles. The lowest BCUT2D eigenvalue weighted by molar-refractivity contribution is -0.161. The van der Waals surface area contributed by atoms with Gasteiger partial charge in [0.2, 0.25) is 0 Å². The van der Waals surface area contributed by atoms with Gasteiger partial charge in [-0.25, -0.2) is 14.7 Å². The van der Waals surface area contributed by atoms with Crippen LogP contribution in [0.25, 0.3) is 0 Å². The van der Waals surface area contributed by atoms with Crippen molar-refractivity contribution in [3.05, 3.63) is 35.9 Å². The van der Waals surface area contributed by atoms with E-state index in [9.17, 15) is 19.0 Å². The molecule has 144 valence electrons. The number of carbonyl (C=O) groups excluding carboxylic acids is 2. The van der Waals surface area contributed by atoms with Gasteiger partial charge in [-0.1, -0.05) is 30.3 Å². The van der Waals surface area contributed by atoms with Crippen LogP contribution in [0.3, 0.4) is 0 Å². The Morgan fingerprint density at radius 1 is 1.35 bits per heavy atom. The molecule has 1 fully saturated rings. The molecule has 1 aromatic rings. The molecule has 2 rings (SSSR count). The van der Waals surface area contributed by atoms with Gasteiger partial charge < -0.3 is 14.9 Å². The molecule has 1 aromatic carbocycles. The van der Waals surface area contributed by atoms with Crippen LogP contribution in [0, 0.1) is 0 Å². The quantitative estimate of drug-likeness (QED) is 0.260. The number of unbranched alkanes of at least 4 members (excludes halogenated alkanes) is 1. The van der Waals surface area contributed by atoms with Crippen molar-refractivity contribution in [3.63, 3.8) is 0 Å². The summed E-state index contributed by atoms with van der Waals surface area (Å²) in [7, 11) is -3.67. The van der Waals surface area contributed by atoms with E-state index in [2.05, 4.69) is 10.4 Å². The Balaban J connectivity index is 1.69. The Hall–Kier alpha value is -1.53. The number of ether oxygens (including phenoxy) is 1. The van der Waals surface area contributed by atoms with Gasteiger partial charge in [-0.2, -0.15) is 0 Å². The van der Waals surface area contributed by atoms with E-state index in [4.69, 9.17) is 4.74 Å². The molecule has 0 radical (unpaired) electrons. The standard InChI is InChI=1S/C18H27N2O5P/c1-14(17(21)25-18(22)16-11-7-12-19-16)20-26(23,24)13-6-5-10-15-8-3-2-4-9-15/h2-4,8-9,14,16,19H,5-7,10-13H2,1H3,(H2,20,23,24)/t14?,16-/m0/s1. The molecular weight excluding hydrogens is 355 g/mol. The molecule has 3 N–H and O–H groups in total. The number of carbonyl (C=O) groups is 2. The lowest BCUT2D eigenvalue weighted by Gasteiger charge is -2.18. The van der Waals surface area contributed by atoms with E-state index >= 15 is 0 Å². The molecule has 8 heteroatoms. The van der Waals surface area contributed by atoms with Crippen LogP contribution in [0.1, 0.15) is 38.2 Å². The largest absolute Gasteiger partial charge is 0.391 e. The maximum absolute atomic E-state index is 12.2. The van der Waals surface area contributed by atoms with E-state index in [0.717, 1.165) is 25.8 Å². The first-order chi connectivity index (χ1) is 12.4. The topological polar surface area (TPSA) is 105 Å². The molecule has 0 spiro atoms. The van der Waals surface area contributed by atoms with Gasteiger partial charge in [0.25, 0.3) is 7.52 Å². The zero-order valence-electron chi connectivity index (χ0n) is 15.0. The fraction of sp³-hybridized carbons (Fsp3) is 0.556. The second-order valence-corrected chi connectivity index (χ2v) is 8.72. The van der Waals surface area contributed by atoms with Gasteiger partial charge in [-0.3, -0.25) is 4.57 Å². The number of rotatable bonds is 9. The molecule has 0 saturated carbocycles. The van der Waals surface area contributed by atoms with Gasteiger partial charge in [0.05, 0.1) is 0 Å². The summed E-state index contributed by atoms with van der Waals surface area (Å²) in [6, 6.07) is 8.42. The zero-order chi connectivity index (χ0) is 19.0. The average Bonchev–Trinajstić information content (AvgIpc) is 3.14. The van der Waals surface area contributed by atoms with Crippen molar-refractivity contribution in [2.45, 2.75) is 51.1 Å². The highest BCUT2D eigenvalue weighted by Crippen LogP contribution is 2.37. The first kappa shape index (κ1) is 20.8. The average molecular weight is 382 g/mol. The highest BCUT2D eigenvalue weighted by molar-refractivity contribution is 7.55. The van der Waals surface area contributed by atoms with Gasteiger partial charge >= 0.3 is 11.9 Å². The Kier molecular flexibility index (Phi) is 7.97. The van der Waals surface area contributed by atoms with Crippen LogP contribution < -0.4 is 10.4 Å². The summed E-state index contributed by atoms with van der Waals surface area (Å²) in [5.74, 6) is -1.46. The minimum absolute atomic E-state index is 0.0651. The summed E-state index contributed by atoms with van der Waals surface area (Å²) >= 11 is 0. The van der Waals surface area contributed by atoms with Gasteiger partial charge in [0, 0.05) is 6.16 Å². The third-order valence-electron chi connectivity index (χ3n) is 4.31. The Morgan fingerprint density at radius 2 is 2.08 bits per heavy atom. The Labute approximate surface area is 154 Å². The number of aryl methyl sites for hydroxylation is 1. The number of nitrogens with one attached hydrogen (secondary N) is 2. The van der Waals surface area contributed by atoms with Crippen LogP contribution in [0.5, 0.6) is 0 Å². The highest BCUT2D eigenvalue weighted by atomic mass is 31.2. The lowest BCUT2D eigenvalue weighted by atomic mass is 10.1. The summed E-state index contributed by atoms with van der Waals surface area (Å²) in [6.45, 7) is 2.14. The van der Waals surface area contributed by atoms with E-state index in [1.54, 1.807) is 0 Å². The molecule has 0 aromatic heterocycles. The SMILES string of the molecule is CC(NP(=O)(O)CCCCc1ccccc1)C(=O)OC(=O)[C@@H]1CCCN1. The molecule has 1 aliphatic rings. The molecule has 1 heterocycles. The monoisotopic (exact) mass is 382 g/mol. The predicted molar refractivity (Wildman–Crippen MR) is 98.8 cm³/mol. The van der Waals surface area contributed by atoms with Crippen LogP contribution >= 0.6 is 7.52 Å². The third kappa shape index (κ3) is 7.00. The van der Waals surface area contributed by atoms with E-state index in [-0.39, 0.29) is 6.16 Å². The van der Waals surface area contributed by atoms with Crippen LogP contribution in [-0.4, -0.2) is 41.6 Å². The second-order valence-electron chi connectivity index (χ2n) is 6.61. The van der Waals surface area contributed by atoms with Crippen molar-refractivity contribution in [1.82, 2.24) is 10.4 Å². The maximum atomic E-state index is 12.2. The summed E-state index contributed by atoms with van der Waals surface area (Å²) < 4.78 is 17.0. The summed E-state index contributed by atoms with van der Waals surface area (Å²) in [6.07, 6.45) is 3.73. The van der Waals surface area contributed by atoms with Crippen molar-refractivity contribution in [1.29, 1.82) is 0 Å². The lowest BCUT2D eigenvalue weighted by Crippen LogP contribution is -2.39. The first-order valence-electron chi connectivity index (χ1n) is 9.00. The van der Waals surface area contributed by atoms with Crippen LogP contribution in [-0.2, 0) is 25.3 Å². The molecule has 1 aliphatic heterocycles. The highest BCUT2D eigenvalue weighted by Gasteiger charge is 2.30. The summed E-state index contributed by atoms with van der Waals surface area (Å²) in [4.78, 5) is 33.8. The molecule has 2 unspecified atom stereocenters. The number of hydrogen-bond acceptors (Lipinski definition) is 5. The number of benzene rings is 1. The molecule has 0 aliphatic carbocycles. The predicted octanol–water partition coefficient (Wildman–Crippen LogP) is 1.99. The fourth-order valence-corrected chi connectivity index (χ4v) is 4.36. The Bertz CT molecular complexity index is 646. The molecule has 26 heavy (non-hydrogen) atoms. The molecule has 3 atom stereocenters. The molecule has 0 amide bonds. The van der Waals surface area contributed by atoms with Crippen LogP contribution in [0.15, 0.2) is 30.3 Å². The van der Waals surface area contributed by atoms with Crippen molar-refractivity contribution in [3.8, 4) is 0 Å². The van der Waals surface area contributed by atoms with E-state index in [1.807, 2.05) is 30.3 Å². The van der Waals surface area contributed by atoms with Crippen molar-refractivity contribution in [2.75, 3.05) is 12.7 Å². The Morgan fingerprint density at radius 3 is 2.73 bits per heavy atom. The molecular formula is C18H27N2O5P. The number of hydrogen-bond donors (Lipinski definition) is 3. The van der Waals surface area contributed by atoms with Crippen LogP contribution in [0.2, 0.25) is 0 Å². The van der Waals surface area contributed by atoms with Crippen molar-refractivity contribution >= 4 is 19.5 Å². The summed E-state index contributed by atoms with van der Waals surface area (Å²) in [5.41, 5.74) is 1.18. The normalized spacial score (nSPS) is 20.3. The first-order valence-corrected chi connectivity index (χ1v) is 10.8. The van der Waals surface area contributed by atoms with Gasteiger partial charge in [-0.15, -0.1) is 0 Å². The van der Waals surface area contributed by atoms with Crippen molar-refractivity contribution < 1.29 is 23.8 Å². The smallest absolute Gasteiger partial charge is 0.330 e. The maximum Gasteiger partial charge on any atom is 0.330 e. The molecule has 0 bridgehead atoms. The minimum atomic E-state index is -3.67. The van der Waals surface area contributed by atoms with Crippen molar-refractivity contribution in [2.24, 2.45) is 0 Å². The summed E-state index contributed by atoms with van der Waals surface area (Å²) in [5, 5.41) is 5.36. The molecule has 7 nitrogen and oxygen atoms in total. The van der Waals surface area contributed by atoms with Gasteiger partial charge in [0.15, 0.2) is 0 Å². The van der Waals surface area contributed by atoms with E-state index in [0.29, 0.717) is 12.8 Å². The van der Waals surface area contributed by atoms with Crippen LogP contribution in [0.4, 0.5) is 0 Å². The van der Waals surface area contributed by atoms with Gasteiger partial charge in [-0.05, 0) is 51.1 Å². The minimum Gasteiger partial charge on any atom is -0.391 e. The number of esters is 2. The fourth-order valence-electron chi connectivity index (χ4n) is 2.86. The van der Waals surface area contributed by atoms with E-state index in [1.165, 1.54) is 12.5 Å².